The maximum absolute atomic E-state index is 12.7. The van der Waals surface area contributed by atoms with Crippen molar-refractivity contribution in [2.75, 3.05) is 26.4 Å². The molecule has 4 N–H and O–H groups in total. The number of esters is 1. The zero-order valence-electron chi connectivity index (χ0n) is 33.5. The van der Waals surface area contributed by atoms with E-state index >= 15 is 0 Å². The molecule has 1 aliphatic heterocycles. The lowest BCUT2D eigenvalue weighted by atomic mass is 9.99. The first-order valence-corrected chi connectivity index (χ1v) is 21.9. The van der Waals surface area contributed by atoms with E-state index in [1.165, 1.54) is 51.4 Å². The Morgan fingerprint density at radius 1 is 0.709 bits per heavy atom. The lowest BCUT2D eigenvalue weighted by Crippen LogP contribution is -2.60. The standard InChI is InChI=1S/C42H72O12S/c1-3-5-7-9-11-13-15-17-18-20-22-24-26-28-30-32-50-34-36(35-51-42-40(46)41(54-55(47,48)49)39(45)37(33-43)53-42)52-38(44)31-29-27-25-23-21-19-16-14-12-10-8-6-4-2/h6,8,12,14-15,17,19,21,25,27,36-37,39-43,45-46H,3-5,7,9-11,13,16,18,20,22-24,26,28-35H2,1-2H3,(H,47,48,49)/b8-6-,14-12-,17-15-,21-19-,27-25-. The van der Waals surface area contributed by atoms with Crippen molar-refractivity contribution >= 4 is 16.4 Å². The normalized spacial score (nSPS) is 21.6. The molecule has 0 aromatic rings. The molecule has 1 saturated heterocycles. The van der Waals surface area contributed by atoms with Gasteiger partial charge in [-0.05, 0) is 64.2 Å². The van der Waals surface area contributed by atoms with Gasteiger partial charge in [0.25, 0.3) is 0 Å². The molecule has 318 valence electrons. The first kappa shape index (κ1) is 50.8. The van der Waals surface area contributed by atoms with Crippen LogP contribution >= 0.6 is 0 Å². The number of aliphatic hydroxyl groups is 3. The van der Waals surface area contributed by atoms with Gasteiger partial charge in [-0.3, -0.25) is 9.35 Å². The fourth-order valence-electron chi connectivity index (χ4n) is 5.80. The minimum absolute atomic E-state index is 0.000463. The second-order valence-corrected chi connectivity index (χ2v) is 14.9. The summed E-state index contributed by atoms with van der Waals surface area (Å²) in [7, 11) is -5.07. The third-order valence-corrected chi connectivity index (χ3v) is 9.35. The van der Waals surface area contributed by atoms with E-state index in [2.05, 4.69) is 66.6 Å². The van der Waals surface area contributed by atoms with Crippen molar-refractivity contribution in [2.45, 2.75) is 173 Å². The Morgan fingerprint density at radius 3 is 1.84 bits per heavy atom. The maximum atomic E-state index is 12.7. The van der Waals surface area contributed by atoms with Gasteiger partial charge in [-0.1, -0.05) is 126 Å². The first-order chi connectivity index (χ1) is 26.6. The van der Waals surface area contributed by atoms with Crippen molar-refractivity contribution < 1.29 is 56.2 Å². The summed E-state index contributed by atoms with van der Waals surface area (Å²) < 4.78 is 58.8. The van der Waals surface area contributed by atoms with Gasteiger partial charge in [0, 0.05) is 13.0 Å². The van der Waals surface area contributed by atoms with Crippen molar-refractivity contribution in [3.8, 4) is 0 Å². The van der Waals surface area contributed by atoms with E-state index in [0.29, 0.717) is 13.0 Å². The Hall–Kier alpha value is -2.20. The minimum atomic E-state index is -5.07. The quantitative estimate of drug-likeness (QED) is 0.0215. The average Bonchev–Trinajstić information content (AvgIpc) is 3.15. The Bertz CT molecular complexity index is 1200. The van der Waals surface area contributed by atoms with Gasteiger partial charge < -0.3 is 34.3 Å². The summed E-state index contributed by atoms with van der Waals surface area (Å²) >= 11 is 0. The zero-order chi connectivity index (χ0) is 40.4. The fourth-order valence-corrected chi connectivity index (χ4v) is 6.30. The van der Waals surface area contributed by atoms with Crippen LogP contribution in [-0.4, -0.2) is 97.5 Å². The Balaban J connectivity index is 2.53. The lowest BCUT2D eigenvalue weighted by molar-refractivity contribution is -0.301. The second-order valence-electron chi connectivity index (χ2n) is 13.8. The van der Waals surface area contributed by atoms with Crippen molar-refractivity contribution in [3.05, 3.63) is 60.8 Å². The van der Waals surface area contributed by atoms with Crippen molar-refractivity contribution in [1.29, 1.82) is 0 Å². The Kier molecular flexibility index (Phi) is 31.3. The summed E-state index contributed by atoms with van der Waals surface area (Å²) in [6, 6.07) is 0. The van der Waals surface area contributed by atoms with Crippen molar-refractivity contribution in [2.24, 2.45) is 0 Å². The molecular weight excluding hydrogens is 729 g/mol. The molecule has 55 heavy (non-hydrogen) atoms. The molecule has 12 nitrogen and oxygen atoms in total. The molecule has 6 atom stereocenters. The number of carbonyl (C=O) groups is 1. The molecule has 0 aliphatic carbocycles. The molecule has 0 aromatic carbocycles. The highest BCUT2D eigenvalue weighted by atomic mass is 32.3. The highest BCUT2D eigenvalue weighted by molar-refractivity contribution is 7.80. The molecule has 6 unspecified atom stereocenters. The molecule has 1 fully saturated rings. The number of aliphatic hydroxyl groups excluding tert-OH is 3. The smallest absolute Gasteiger partial charge is 0.397 e. The third-order valence-electron chi connectivity index (χ3n) is 8.89. The summed E-state index contributed by atoms with van der Waals surface area (Å²) in [5.74, 6) is -0.483. The van der Waals surface area contributed by atoms with Gasteiger partial charge in [-0.2, -0.15) is 8.42 Å². The van der Waals surface area contributed by atoms with E-state index in [1.54, 1.807) is 0 Å². The van der Waals surface area contributed by atoms with Crippen LogP contribution in [0.5, 0.6) is 0 Å². The molecule has 0 bridgehead atoms. The number of ether oxygens (including phenoxy) is 4. The molecule has 0 aromatic heterocycles. The molecule has 1 heterocycles. The molecule has 1 rings (SSSR count). The van der Waals surface area contributed by atoms with Crippen LogP contribution in [0.3, 0.4) is 0 Å². The predicted molar refractivity (Wildman–Crippen MR) is 216 cm³/mol. The van der Waals surface area contributed by atoms with Crippen LogP contribution in [0.15, 0.2) is 60.8 Å². The SMILES string of the molecule is CC/C=C\C/C=C\C/C=C\C/C=C\CCC(=O)OC(COCCCCCCCC/C=C\CCCCCCC)COC1OC(CO)C(O)C(OS(=O)(=O)O)C1O. The molecule has 0 saturated carbocycles. The van der Waals surface area contributed by atoms with Gasteiger partial charge in [-0.25, -0.2) is 4.18 Å². The third kappa shape index (κ3) is 27.9. The maximum Gasteiger partial charge on any atom is 0.397 e. The van der Waals surface area contributed by atoms with E-state index in [4.69, 9.17) is 23.5 Å². The van der Waals surface area contributed by atoms with Gasteiger partial charge in [0.2, 0.25) is 0 Å². The lowest BCUT2D eigenvalue weighted by Gasteiger charge is -2.41. The first-order valence-electron chi connectivity index (χ1n) is 20.5. The summed E-state index contributed by atoms with van der Waals surface area (Å²) in [5, 5.41) is 30.6. The number of hydrogen-bond acceptors (Lipinski definition) is 11. The van der Waals surface area contributed by atoms with Crippen LogP contribution in [0.2, 0.25) is 0 Å². The van der Waals surface area contributed by atoms with E-state index in [-0.39, 0.29) is 19.6 Å². The van der Waals surface area contributed by atoms with Gasteiger partial charge in [0.05, 0.1) is 19.8 Å². The number of carbonyl (C=O) groups excluding carboxylic acids is 1. The molecule has 1 aliphatic rings. The molecular formula is C42H72O12S. The van der Waals surface area contributed by atoms with Crippen molar-refractivity contribution in [3.63, 3.8) is 0 Å². The topological polar surface area (TPSA) is 178 Å². The monoisotopic (exact) mass is 800 g/mol. The Labute approximate surface area is 331 Å². The number of unbranched alkanes of at least 4 members (excludes halogenated alkanes) is 11. The summed E-state index contributed by atoms with van der Waals surface area (Å²) in [4.78, 5) is 12.7. The van der Waals surface area contributed by atoms with Crippen LogP contribution in [0.1, 0.15) is 136 Å². The zero-order valence-corrected chi connectivity index (χ0v) is 34.3. The number of hydrogen-bond donors (Lipinski definition) is 4. The molecule has 0 radical (unpaired) electrons. The van der Waals surface area contributed by atoms with Gasteiger partial charge in [0.1, 0.15) is 30.5 Å². The van der Waals surface area contributed by atoms with Crippen molar-refractivity contribution in [1.82, 2.24) is 0 Å². The number of allylic oxidation sites excluding steroid dienone is 10. The van der Waals surface area contributed by atoms with E-state index < -0.39 is 59.8 Å². The van der Waals surface area contributed by atoms with Crippen LogP contribution in [0, 0.1) is 0 Å². The molecule has 13 heteroatoms. The molecule has 0 amide bonds. The summed E-state index contributed by atoms with van der Waals surface area (Å²) in [5.41, 5.74) is 0. The van der Waals surface area contributed by atoms with Gasteiger partial charge in [-0.15, -0.1) is 0 Å². The average molecular weight is 801 g/mol. The molecule has 0 spiro atoms. The Morgan fingerprint density at radius 2 is 1.25 bits per heavy atom. The summed E-state index contributed by atoms with van der Waals surface area (Å²) in [6.07, 6.45) is 31.3. The van der Waals surface area contributed by atoms with Crippen LogP contribution in [0.4, 0.5) is 0 Å². The van der Waals surface area contributed by atoms with E-state index in [0.717, 1.165) is 57.8 Å². The highest BCUT2D eigenvalue weighted by Crippen LogP contribution is 2.26. The number of rotatable bonds is 34. The van der Waals surface area contributed by atoms with Crippen LogP contribution < -0.4 is 0 Å². The van der Waals surface area contributed by atoms with Gasteiger partial charge in [0.15, 0.2) is 6.29 Å². The predicted octanol–water partition coefficient (Wildman–Crippen LogP) is 7.79. The fraction of sp³-hybridized carbons (Fsp3) is 0.738. The van der Waals surface area contributed by atoms with E-state index in [1.807, 2.05) is 12.2 Å². The van der Waals surface area contributed by atoms with E-state index in [9.17, 15) is 28.5 Å². The highest BCUT2D eigenvalue weighted by Gasteiger charge is 2.48. The second kappa shape index (κ2) is 33.9. The minimum Gasteiger partial charge on any atom is -0.457 e. The summed E-state index contributed by atoms with van der Waals surface area (Å²) in [6.45, 7) is 3.73. The van der Waals surface area contributed by atoms with Gasteiger partial charge >= 0.3 is 16.4 Å². The largest absolute Gasteiger partial charge is 0.457 e. The van der Waals surface area contributed by atoms with Crippen LogP contribution in [0.25, 0.3) is 0 Å². The van der Waals surface area contributed by atoms with Crippen LogP contribution in [-0.2, 0) is 38.3 Å².